The number of hydrogen-bond acceptors (Lipinski definition) is 6. The monoisotopic (exact) mass is 462 g/mol. The average molecular weight is 463 g/mol. The average Bonchev–Trinajstić information content (AvgIpc) is 3.09. The fourth-order valence-corrected chi connectivity index (χ4v) is 3.67. The van der Waals surface area contributed by atoms with Gasteiger partial charge in [-0.3, -0.25) is 4.57 Å². The summed E-state index contributed by atoms with van der Waals surface area (Å²) in [6.07, 6.45) is -0.472. The molecule has 0 aliphatic heterocycles. The van der Waals surface area contributed by atoms with Crippen molar-refractivity contribution < 1.29 is 14.6 Å². The van der Waals surface area contributed by atoms with Crippen LogP contribution in [0, 0.1) is 5.92 Å². The van der Waals surface area contributed by atoms with E-state index in [0.717, 1.165) is 10.1 Å². The third-order valence-corrected chi connectivity index (χ3v) is 5.33. The van der Waals surface area contributed by atoms with Crippen LogP contribution < -0.4 is 21.1 Å². The van der Waals surface area contributed by atoms with Crippen molar-refractivity contribution in [3.8, 4) is 5.88 Å². The molecule has 0 aliphatic carbocycles. The first-order valence-electron chi connectivity index (χ1n) is 10.3. The van der Waals surface area contributed by atoms with Crippen molar-refractivity contribution in [1.29, 1.82) is 0 Å². The van der Waals surface area contributed by atoms with Crippen LogP contribution in [0.3, 0.4) is 0 Å². The number of fused-ring (bicyclic) bond motifs is 1. The van der Waals surface area contributed by atoms with Gasteiger partial charge in [0.05, 0.1) is 19.7 Å². The van der Waals surface area contributed by atoms with E-state index >= 15 is 0 Å². The molecule has 1 amide bonds. The number of carbonyl (C=O) groups is 1. The van der Waals surface area contributed by atoms with Crippen LogP contribution in [0.15, 0.2) is 35.1 Å². The van der Waals surface area contributed by atoms with Gasteiger partial charge >= 0.3 is 11.8 Å². The van der Waals surface area contributed by atoms with Crippen molar-refractivity contribution in [1.82, 2.24) is 29.8 Å². The number of nitrogens with one attached hydrogen (secondary N) is 2. The van der Waals surface area contributed by atoms with E-state index in [2.05, 4.69) is 15.7 Å². The molecule has 3 aromatic rings. The summed E-state index contributed by atoms with van der Waals surface area (Å²) in [5.41, 5.74) is 0.794. The summed E-state index contributed by atoms with van der Waals surface area (Å²) < 4.78 is 7.92. The van der Waals surface area contributed by atoms with Crippen LogP contribution >= 0.6 is 11.6 Å². The van der Waals surface area contributed by atoms with Gasteiger partial charge in [0.15, 0.2) is 5.65 Å². The number of nitrogens with zero attached hydrogens (tertiary/aromatic N) is 4. The summed E-state index contributed by atoms with van der Waals surface area (Å²) in [5, 5.41) is 18.8. The van der Waals surface area contributed by atoms with Crippen LogP contribution in [0.4, 0.5) is 4.79 Å². The maximum absolute atomic E-state index is 13.4. The second-order valence-corrected chi connectivity index (χ2v) is 8.02. The Balaban J connectivity index is 2.04. The molecule has 1 aromatic carbocycles. The highest BCUT2D eigenvalue weighted by Gasteiger charge is 2.26. The molecule has 0 saturated carbocycles. The highest BCUT2D eigenvalue weighted by atomic mass is 35.5. The second-order valence-electron chi connectivity index (χ2n) is 7.64. The summed E-state index contributed by atoms with van der Waals surface area (Å²) in [7, 11) is 1.43. The molecule has 3 rings (SSSR count). The van der Waals surface area contributed by atoms with Crippen LogP contribution in [0.25, 0.3) is 5.65 Å². The Bertz CT molecular complexity index is 1130. The van der Waals surface area contributed by atoms with Gasteiger partial charge < -0.3 is 20.5 Å². The third-order valence-electron chi connectivity index (χ3n) is 5.00. The topological polar surface area (TPSA) is 123 Å². The van der Waals surface area contributed by atoms with Crippen molar-refractivity contribution in [3.63, 3.8) is 0 Å². The van der Waals surface area contributed by atoms with Gasteiger partial charge in [-0.15, -0.1) is 5.10 Å². The van der Waals surface area contributed by atoms with Crippen LogP contribution in [-0.2, 0) is 6.54 Å². The van der Waals surface area contributed by atoms with Gasteiger partial charge in [0.1, 0.15) is 10.8 Å². The number of ether oxygens (including phenoxy) is 1. The molecule has 2 heterocycles. The zero-order chi connectivity index (χ0) is 23.3. The maximum atomic E-state index is 13.4. The van der Waals surface area contributed by atoms with E-state index in [1.165, 1.54) is 7.11 Å². The molecule has 10 nitrogen and oxygen atoms in total. The number of methoxy groups -OCH3 is 1. The van der Waals surface area contributed by atoms with E-state index in [0.29, 0.717) is 31.9 Å². The molecule has 1 atom stereocenters. The van der Waals surface area contributed by atoms with Gasteiger partial charge in [0, 0.05) is 6.54 Å². The molecule has 0 bridgehead atoms. The Labute approximate surface area is 190 Å². The first-order valence-corrected chi connectivity index (χ1v) is 10.7. The summed E-state index contributed by atoms with van der Waals surface area (Å²) in [6.45, 7) is 5.21. The smallest absolute Gasteiger partial charge is 0.404 e. The lowest BCUT2D eigenvalue weighted by molar-refractivity contribution is 0.194. The molecular weight excluding hydrogens is 436 g/mol. The molecule has 0 saturated heterocycles. The Kier molecular flexibility index (Phi) is 7.70. The zero-order valence-electron chi connectivity index (χ0n) is 18.2. The minimum atomic E-state index is -1.06. The van der Waals surface area contributed by atoms with Crippen LogP contribution in [-0.4, -0.2) is 50.6 Å². The van der Waals surface area contributed by atoms with Crippen LogP contribution in [0.1, 0.15) is 37.7 Å². The Morgan fingerprint density at radius 3 is 2.59 bits per heavy atom. The fourth-order valence-electron chi connectivity index (χ4n) is 3.43. The molecule has 0 spiro atoms. The van der Waals surface area contributed by atoms with Crippen LogP contribution in [0.2, 0.25) is 5.02 Å². The van der Waals surface area contributed by atoms with Gasteiger partial charge in [-0.05, 0) is 24.4 Å². The third kappa shape index (κ3) is 5.20. The quantitative estimate of drug-likeness (QED) is 0.395. The largest absolute Gasteiger partial charge is 0.479 e. The summed E-state index contributed by atoms with van der Waals surface area (Å²) in [4.78, 5) is 28.8. The predicted octanol–water partition coefficient (Wildman–Crippen LogP) is 2.55. The molecule has 0 fully saturated rings. The molecule has 172 valence electrons. The second kappa shape index (κ2) is 10.5. The number of benzene rings is 1. The van der Waals surface area contributed by atoms with Crippen LogP contribution in [0.5, 0.6) is 5.88 Å². The van der Waals surface area contributed by atoms with Gasteiger partial charge in [-0.2, -0.15) is 4.52 Å². The van der Waals surface area contributed by atoms with Gasteiger partial charge in [-0.1, -0.05) is 55.8 Å². The van der Waals surface area contributed by atoms with E-state index < -0.39 is 6.09 Å². The molecule has 0 aliphatic rings. The fraction of sp³-hybridized carbons (Fsp3) is 0.429. The van der Waals surface area contributed by atoms with Gasteiger partial charge in [0.2, 0.25) is 0 Å². The normalized spacial score (nSPS) is 12.3. The summed E-state index contributed by atoms with van der Waals surface area (Å²) in [6, 6.07) is 9.33. The van der Waals surface area contributed by atoms with E-state index in [9.17, 15) is 9.59 Å². The first kappa shape index (κ1) is 23.6. The molecule has 1 unspecified atom stereocenters. The number of halogens is 1. The van der Waals surface area contributed by atoms with E-state index in [1.807, 2.05) is 44.2 Å². The maximum Gasteiger partial charge on any atom is 0.404 e. The van der Waals surface area contributed by atoms with Crippen molar-refractivity contribution in [3.05, 3.63) is 57.2 Å². The Morgan fingerprint density at radius 1 is 1.25 bits per heavy atom. The van der Waals surface area contributed by atoms with E-state index in [1.54, 1.807) is 4.57 Å². The summed E-state index contributed by atoms with van der Waals surface area (Å²) in [5.74, 6) is 0.743. The minimum Gasteiger partial charge on any atom is -0.479 e. The highest BCUT2D eigenvalue weighted by Crippen LogP contribution is 2.28. The molecule has 32 heavy (non-hydrogen) atoms. The number of hydrogen-bond donors (Lipinski definition) is 3. The lowest BCUT2D eigenvalue weighted by Crippen LogP contribution is -2.38. The Hall–Kier alpha value is -3.11. The summed E-state index contributed by atoms with van der Waals surface area (Å²) >= 11 is 6.37. The number of carboxylic acid groups (broad SMARTS) is 1. The zero-order valence-corrected chi connectivity index (χ0v) is 19.0. The van der Waals surface area contributed by atoms with Gasteiger partial charge in [0.25, 0.3) is 5.88 Å². The van der Waals surface area contributed by atoms with Crippen molar-refractivity contribution >= 4 is 23.3 Å². The van der Waals surface area contributed by atoms with Crippen molar-refractivity contribution in [2.24, 2.45) is 5.92 Å². The Morgan fingerprint density at radius 2 is 1.97 bits per heavy atom. The standard InChI is InChI=1S/C21H27ClN6O4/c1-13(2)16(23-10-7-11-24-20(29)30)18-25-17-15(22)19(32-3)26-28(17)21(31)27(18)12-14-8-5-4-6-9-14/h4-6,8-9,13,16,23-24H,7,10-12H2,1-3H3,(H,29,30). The van der Waals surface area contributed by atoms with Gasteiger partial charge in [-0.25, -0.2) is 14.6 Å². The highest BCUT2D eigenvalue weighted by molar-refractivity contribution is 6.34. The molecule has 3 N–H and O–H groups in total. The molecular formula is C21H27ClN6O4. The number of aromatic nitrogens is 4. The number of amides is 1. The predicted molar refractivity (Wildman–Crippen MR) is 121 cm³/mol. The lowest BCUT2D eigenvalue weighted by Gasteiger charge is -2.25. The van der Waals surface area contributed by atoms with E-state index in [-0.39, 0.29) is 34.2 Å². The van der Waals surface area contributed by atoms with E-state index in [4.69, 9.17) is 26.4 Å². The number of rotatable bonds is 10. The minimum absolute atomic E-state index is 0.0856. The SMILES string of the molecule is COc1nn2c(=O)n(Cc3ccccc3)c(C(NCCCNC(=O)O)C(C)C)nc2c1Cl. The van der Waals surface area contributed by atoms with Crippen molar-refractivity contribution in [2.45, 2.75) is 32.9 Å². The molecule has 0 radical (unpaired) electrons. The van der Waals surface area contributed by atoms with Crippen molar-refractivity contribution in [2.75, 3.05) is 20.2 Å². The molecule has 2 aromatic heterocycles. The molecule has 11 heteroatoms. The first-order chi connectivity index (χ1) is 15.3. The lowest BCUT2D eigenvalue weighted by atomic mass is 10.0.